The van der Waals surface area contributed by atoms with Crippen LogP contribution in [0.2, 0.25) is 5.02 Å². The molecule has 1 atom stereocenters. The predicted octanol–water partition coefficient (Wildman–Crippen LogP) is 2.41. The zero-order chi connectivity index (χ0) is 21.9. The van der Waals surface area contributed by atoms with Gasteiger partial charge in [0.05, 0.1) is 23.0 Å². The zero-order valence-corrected chi connectivity index (χ0v) is 18.0. The molecule has 1 fully saturated rings. The molecule has 1 saturated heterocycles. The second-order valence-corrected chi connectivity index (χ2v) is 9.41. The van der Waals surface area contributed by atoms with Crippen LogP contribution in [0.1, 0.15) is 28.8 Å². The summed E-state index contributed by atoms with van der Waals surface area (Å²) in [6.07, 6.45) is 2.68. The van der Waals surface area contributed by atoms with E-state index in [1.165, 1.54) is 18.2 Å². The molecule has 3 rings (SSSR count). The van der Waals surface area contributed by atoms with Gasteiger partial charge in [-0.05, 0) is 55.3 Å². The average molecular weight is 451 g/mol. The van der Waals surface area contributed by atoms with E-state index in [2.05, 4.69) is 10.0 Å². The number of hydrogen-bond donors (Lipinski definition) is 3. The molecule has 2 aromatic rings. The number of likely N-dealkylation sites (tertiary alicyclic amines) is 1. The minimum atomic E-state index is -3.53. The highest BCUT2D eigenvalue weighted by atomic mass is 35.5. The predicted molar refractivity (Wildman–Crippen MR) is 117 cm³/mol. The fourth-order valence-electron chi connectivity index (χ4n) is 3.47. The number of carbonyl (C=O) groups excluding carboxylic acids is 2. The Bertz CT molecular complexity index is 1070. The number of halogens is 1. The van der Waals surface area contributed by atoms with Crippen molar-refractivity contribution in [2.45, 2.75) is 25.4 Å². The highest BCUT2D eigenvalue weighted by Crippen LogP contribution is 2.25. The van der Waals surface area contributed by atoms with E-state index >= 15 is 0 Å². The number of rotatable bonds is 7. The van der Waals surface area contributed by atoms with Crippen molar-refractivity contribution in [2.24, 2.45) is 5.73 Å². The minimum Gasteiger partial charge on any atom is -0.368 e. The number of nitrogens with zero attached hydrogens (tertiary/aromatic N) is 1. The van der Waals surface area contributed by atoms with Crippen LogP contribution in [0.15, 0.2) is 42.5 Å². The number of anilines is 2. The van der Waals surface area contributed by atoms with Crippen LogP contribution >= 0.6 is 11.6 Å². The van der Waals surface area contributed by atoms with Crippen LogP contribution in [0, 0.1) is 0 Å². The molecule has 0 spiro atoms. The summed E-state index contributed by atoms with van der Waals surface area (Å²) in [6, 6.07) is 11.4. The van der Waals surface area contributed by atoms with Gasteiger partial charge in [-0.3, -0.25) is 19.2 Å². The highest BCUT2D eigenvalue weighted by molar-refractivity contribution is 7.92. The summed E-state index contributed by atoms with van der Waals surface area (Å²) >= 11 is 6.01. The van der Waals surface area contributed by atoms with Gasteiger partial charge in [-0.15, -0.1) is 0 Å². The Kier molecular flexibility index (Phi) is 6.64. The summed E-state index contributed by atoms with van der Waals surface area (Å²) in [7, 11) is -3.53. The molecule has 2 aromatic carbocycles. The van der Waals surface area contributed by atoms with Crippen molar-refractivity contribution in [3.8, 4) is 0 Å². The van der Waals surface area contributed by atoms with Crippen LogP contribution in [0.25, 0.3) is 0 Å². The molecule has 30 heavy (non-hydrogen) atoms. The third-order valence-electron chi connectivity index (χ3n) is 4.79. The van der Waals surface area contributed by atoms with E-state index in [1.807, 2.05) is 23.1 Å². The second kappa shape index (κ2) is 9.03. The van der Waals surface area contributed by atoms with Crippen molar-refractivity contribution in [3.63, 3.8) is 0 Å². The summed E-state index contributed by atoms with van der Waals surface area (Å²) in [5.74, 6) is -0.727. The topological polar surface area (TPSA) is 122 Å². The van der Waals surface area contributed by atoms with E-state index in [0.717, 1.165) is 31.2 Å². The second-order valence-electron chi connectivity index (χ2n) is 7.25. The van der Waals surface area contributed by atoms with E-state index in [0.29, 0.717) is 12.2 Å². The number of primary amides is 1. The summed E-state index contributed by atoms with van der Waals surface area (Å²) < 4.78 is 25.2. The van der Waals surface area contributed by atoms with Gasteiger partial charge in [-0.1, -0.05) is 23.7 Å². The number of hydrogen-bond acceptors (Lipinski definition) is 5. The number of sulfonamides is 1. The quantitative estimate of drug-likeness (QED) is 0.598. The van der Waals surface area contributed by atoms with Crippen molar-refractivity contribution < 1.29 is 18.0 Å². The number of benzene rings is 2. The maximum Gasteiger partial charge on any atom is 0.255 e. The van der Waals surface area contributed by atoms with Crippen LogP contribution in [-0.2, 0) is 21.4 Å². The summed E-state index contributed by atoms with van der Waals surface area (Å²) in [6.45, 7) is 1.35. The number of amides is 2. The zero-order valence-electron chi connectivity index (χ0n) is 16.4. The van der Waals surface area contributed by atoms with Gasteiger partial charge in [0.1, 0.15) is 0 Å². The molecule has 1 aliphatic rings. The molecule has 8 nitrogen and oxygen atoms in total. The van der Waals surface area contributed by atoms with E-state index < -0.39 is 15.9 Å². The lowest BCUT2D eigenvalue weighted by Crippen LogP contribution is -2.39. The maximum absolute atomic E-state index is 12.6. The van der Waals surface area contributed by atoms with Crippen molar-refractivity contribution in [1.29, 1.82) is 0 Å². The lowest BCUT2D eigenvalue weighted by molar-refractivity contribution is -0.122. The van der Waals surface area contributed by atoms with Gasteiger partial charge in [0.15, 0.2) is 0 Å². The molecule has 4 N–H and O–H groups in total. The van der Waals surface area contributed by atoms with Gasteiger partial charge in [0.25, 0.3) is 5.91 Å². The number of carbonyl (C=O) groups is 2. The first-order chi connectivity index (χ1) is 14.1. The summed E-state index contributed by atoms with van der Waals surface area (Å²) in [5, 5.41) is 2.99. The Hall–Kier alpha value is -2.62. The van der Waals surface area contributed by atoms with Gasteiger partial charge >= 0.3 is 0 Å². The van der Waals surface area contributed by atoms with Gasteiger partial charge < -0.3 is 11.1 Å². The SMILES string of the molecule is CS(=O)(=O)Nc1cc(C(=O)Nc2cccc(CN3CCCC3C(N)=O)c2)ccc1Cl. The smallest absolute Gasteiger partial charge is 0.255 e. The number of nitrogens with two attached hydrogens (primary N) is 1. The van der Waals surface area contributed by atoms with Crippen LogP contribution in [-0.4, -0.2) is 44.0 Å². The van der Waals surface area contributed by atoms with E-state index in [4.69, 9.17) is 17.3 Å². The molecule has 1 unspecified atom stereocenters. The fraction of sp³-hybridized carbons (Fsp3) is 0.300. The van der Waals surface area contributed by atoms with Crippen LogP contribution < -0.4 is 15.8 Å². The van der Waals surface area contributed by atoms with Crippen LogP contribution in [0.4, 0.5) is 11.4 Å². The minimum absolute atomic E-state index is 0.132. The van der Waals surface area contributed by atoms with Crippen molar-refractivity contribution >= 4 is 44.8 Å². The largest absolute Gasteiger partial charge is 0.368 e. The average Bonchev–Trinajstić information content (AvgIpc) is 3.11. The normalized spacial score (nSPS) is 16.9. The first kappa shape index (κ1) is 22.1. The third-order valence-corrected chi connectivity index (χ3v) is 5.71. The molecule has 10 heteroatoms. The Labute approximate surface area is 180 Å². The lowest BCUT2D eigenvalue weighted by atomic mass is 10.1. The van der Waals surface area contributed by atoms with E-state index in [-0.39, 0.29) is 28.2 Å². The highest BCUT2D eigenvalue weighted by Gasteiger charge is 2.28. The summed E-state index contributed by atoms with van der Waals surface area (Å²) in [4.78, 5) is 26.3. The monoisotopic (exact) mass is 450 g/mol. The molecule has 0 bridgehead atoms. The standard InChI is InChI=1S/C20H23ClN4O4S/c1-30(28,29)24-17-11-14(7-8-16(17)21)20(27)23-15-5-2-4-13(10-15)12-25-9-3-6-18(25)19(22)26/h2,4-5,7-8,10-11,18,24H,3,6,9,12H2,1H3,(H2,22,26)(H,23,27). The molecule has 160 valence electrons. The van der Waals surface area contributed by atoms with Crippen molar-refractivity contribution in [2.75, 3.05) is 22.8 Å². The Morgan fingerprint density at radius 3 is 2.70 bits per heavy atom. The lowest BCUT2D eigenvalue weighted by Gasteiger charge is -2.22. The Morgan fingerprint density at radius 1 is 1.23 bits per heavy atom. The van der Waals surface area contributed by atoms with Gasteiger partial charge in [-0.25, -0.2) is 8.42 Å². The molecule has 1 heterocycles. The molecule has 0 aliphatic carbocycles. The van der Waals surface area contributed by atoms with Gasteiger partial charge in [0, 0.05) is 17.8 Å². The van der Waals surface area contributed by atoms with Crippen LogP contribution in [0.5, 0.6) is 0 Å². The first-order valence-electron chi connectivity index (χ1n) is 9.33. The van der Waals surface area contributed by atoms with Gasteiger partial charge in [0.2, 0.25) is 15.9 Å². The number of nitrogens with one attached hydrogen (secondary N) is 2. The first-order valence-corrected chi connectivity index (χ1v) is 11.6. The Balaban J connectivity index is 1.72. The molecular weight excluding hydrogens is 428 g/mol. The summed E-state index contributed by atoms with van der Waals surface area (Å²) in [5.41, 5.74) is 7.38. The molecule has 2 amide bonds. The Morgan fingerprint density at radius 2 is 2.00 bits per heavy atom. The van der Waals surface area contributed by atoms with Crippen molar-refractivity contribution in [3.05, 3.63) is 58.6 Å². The van der Waals surface area contributed by atoms with Gasteiger partial charge in [-0.2, -0.15) is 0 Å². The molecular formula is C20H23ClN4O4S. The van der Waals surface area contributed by atoms with E-state index in [9.17, 15) is 18.0 Å². The third kappa shape index (κ3) is 5.71. The van der Waals surface area contributed by atoms with Crippen LogP contribution in [0.3, 0.4) is 0 Å². The molecule has 0 radical (unpaired) electrons. The van der Waals surface area contributed by atoms with E-state index in [1.54, 1.807) is 6.07 Å². The molecule has 0 aromatic heterocycles. The maximum atomic E-state index is 12.6. The molecule has 0 saturated carbocycles. The fourth-order valence-corrected chi connectivity index (χ4v) is 4.26. The van der Waals surface area contributed by atoms with Crippen molar-refractivity contribution in [1.82, 2.24) is 4.90 Å². The molecule has 1 aliphatic heterocycles.